The van der Waals surface area contributed by atoms with Crippen LogP contribution >= 0.6 is 0 Å². The number of carbonyl (C=O) groups is 1. The van der Waals surface area contributed by atoms with E-state index in [-0.39, 0.29) is 34.8 Å². The van der Waals surface area contributed by atoms with Crippen molar-refractivity contribution in [3.63, 3.8) is 0 Å². The summed E-state index contributed by atoms with van der Waals surface area (Å²) >= 11 is 0. The zero-order chi connectivity index (χ0) is 15.3. The molecule has 21 heavy (non-hydrogen) atoms. The van der Waals surface area contributed by atoms with Gasteiger partial charge in [-0.1, -0.05) is 25.0 Å². The number of rotatable bonds is 6. The number of ether oxygens (including phenoxy) is 1. The summed E-state index contributed by atoms with van der Waals surface area (Å²) in [5.74, 6) is -0.435. The predicted octanol–water partition coefficient (Wildman–Crippen LogP) is 1.78. The summed E-state index contributed by atoms with van der Waals surface area (Å²) in [4.78, 5) is 12.4. The Morgan fingerprint density at radius 3 is 2.62 bits per heavy atom. The molecule has 0 spiro atoms. The maximum Gasteiger partial charge on any atom is 0.252 e. The molecule has 5 nitrogen and oxygen atoms in total. The van der Waals surface area contributed by atoms with Gasteiger partial charge in [0.15, 0.2) is 9.84 Å². The second kappa shape index (κ2) is 7.04. The van der Waals surface area contributed by atoms with Gasteiger partial charge in [0.25, 0.3) is 5.91 Å². The number of methoxy groups -OCH3 is 1. The molecule has 0 unspecified atom stereocenters. The van der Waals surface area contributed by atoms with Crippen molar-refractivity contribution in [3.8, 4) is 0 Å². The Morgan fingerprint density at radius 1 is 1.29 bits per heavy atom. The van der Waals surface area contributed by atoms with Crippen LogP contribution in [0, 0.1) is 0 Å². The minimum absolute atomic E-state index is 0.0811. The first-order valence-electron chi connectivity index (χ1n) is 7.16. The van der Waals surface area contributed by atoms with Gasteiger partial charge in [-0.3, -0.25) is 4.79 Å². The van der Waals surface area contributed by atoms with Crippen molar-refractivity contribution < 1.29 is 17.9 Å². The van der Waals surface area contributed by atoms with Crippen molar-refractivity contribution in [2.24, 2.45) is 0 Å². The summed E-state index contributed by atoms with van der Waals surface area (Å²) in [5, 5.41) is 2.93. The van der Waals surface area contributed by atoms with Crippen molar-refractivity contribution in [3.05, 3.63) is 29.8 Å². The highest BCUT2D eigenvalue weighted by Gasteiger charge is 2.24. The molecular weight excluding hydrogens is 290 g/mol. The Hall–Kier alpha value is -1.40. The van der Waals surface area contributed by atoms with Gasteiger partial charge >= 0.3 is 0 Å². The fourth-order valence-corrected chi connectivity index (χ4v) is 3.95. The highest BCUT2D eigenvalue weighted by atomic mass is 32.2. The SMILES string of the molecule is COCCS(=O)(=O)c1ccccc1C(=O)NC1CCCC1. The smallest absolute Gasteiger partial charge is 0.252 e. The van der Waals surface area contributed by atoms with Crippen LogP contribution in [0.5, 0.6) is 0 Å². The lowest BCUT2D eigenvalue weighted by atomic mass is 10.2. The van der Waals surface area contributed by atoms with Gasteiger partial charge in [0.1, 0.15) is 0 Å². The van der Waals surface area contributed by atoms with E-state index in [1.165, 1.54) is 13.2 Å². The highest BCUT2D eigenvalue weighted by molar-refractivity contribution is 7.91. The summed E-state index contributed by atoms with van der Waals surface area (Å²) in [6.07, 6.45) is 4.14. The van der Waals surface area contributed by atoms with Gasteiger partial charge in [0.05, 0.1) is 22.8 Å². The van der Waals surface area contributed by atoms with Crippen molar-refractivity contribution in [2.45, 2.75) is 36.6 Å². The molecule has 6 heteroatoms. The molecule has 1 aliphatic rings. The van der Waals surface area contributed by atoms with E-state index >= 15 is 0 Å². The Labute approximate surface area is 125 Å². The molecule has 1 aromatic rings. The number of hydrogen-bond acceptors (Lipinski definition) is 4. The van der Waals surface area contributed by atoms with Crippen molar-refractivity contribution in [1.29, 1.82) is 0 Å². The largest absolute Gasteiger partial charge is 0.384 e. The van der Waals surface area contributed by atoms with Crippen LogP contribution in [0.4, 0.5) is 0 Å². The van der Waals surface area contributed by atoms with E-state index in [0.717, 1.165) is 25.7 Å². The number of hydrogen-bond donors (Lipinski definition) is 1. The minimum atomic E-state index is -3.52. The maximum atomic E-state index is 12.3. The number of benzene rings is 1. The topological polar surface area (TPSA) is 72.5 Å². The van der Waals surface area contributed by atoms with E-state index in [4.69, 9.17) is 4.74 Å². The van der Waals surface area contributed by atoms with Crippen LogP contribution in [0.3, 0.4) is 0 Å². The Morgan fingerprint density at radius 2 is 1.95 bits per heavy atom. The third kappa shape index (κ3) is 4.04. The number of carbonyl (C=O) groups excluding carboxylic acids is 1. The molecule has 1 N–H and O–H groups in total. The van der Waals surface area contributed by atoms with Gasteiger partial charge in [0, 0.05) is 13.2 Å². The van der Waals surface area contributed by atoms with Crippen LogP contribution in [-0.2, 0) is 14.6 Å². The number of amides is 1. The molecule has 0 aliphatic heterocycles. The van der Waals surface area contributed by atoms with Crippen LogP contribution in [0.2, 0.25) is 0 Å². The van der Waals surface area contributed by atoms with Gasteiger partial charge in [-0.2, -0.15) is 0 Å². The quantitative estimate of drug-likeness (QED) is 0.869. The molecule has 0 bridgehead atoms. The van der Waals surface area contributed by atoms with E-state index in [2.05, 4.69) is 5.32 Å². The Bertz CT molecular complexity index is 591. The van der Waals surface area contributed by atoms with Crippen LogP contribution in [0.15, 0.2) is 29.2 Å². The summed E-state index contributed by atoms with van der Waals surface area (Å²) in [6.45, 7) is 0.112. The number of sulfone groups is 1. The average Bonchev–Trinajstić information content (AvgIpc) is 2.98. The average molecular weight is 311 g/mol. The molecule has 2 rings (SSSR count). The van der Waals surface area contributed by atoms with Crippen molar-refractivity contribution >= 4 is 15.7 Å². The molecule has 0 saturated heterocycles. The molecule has 1 amide bonds. The second-order valence-corrected chi connectivity index (χ2v) is 7.34. The first-order chi connectivity index (χ1) is 10.0. The highest BCUT2D eigenvalue weighted by Crippen LogP contribution is 2.21. The zero-order valence-electron chi connectivity index (χ0n) is 12.2. The van der Waals surface area contributed by atoms with E-state index < -0.39 is 9.84 Å². The third-order valence-corrected chi connectivity index (χ3v) is 5.44. The van der Waals surface area contributed by atoms with E-state index in [1.54, 1.807) is 18.2 Å². The lowest BCUT2D eigenvalue weighted by molar-refractivity contribution is 0.0934. The molecule has 116 valence electrons. The van der Waals surface area contributed by atoms with Gasteiger partial charge in [-0.25, -0.2) is 8.42 Å². The van der Waals surface area contributed by atoms with E-state index in [0.29, 0.717) is 0 Å². The summed E-state index contributed by atoms with van der Waals surface area (Å²) in [6, 6.07) is 6.51. The molecule has 1 aliphatic carbocycles. The van der Waals surface area contributed by atoms with Gasteiger partial charge < -0.3 is 10.1 Å². The molecule has 0 atom stereocenters. The lowest BCUT2D eigenvalue weighted by Crippen LogP contribution is -2.33. The van der Waals surface area contributed by atoms with Crippen LogP contribution in [-0.4, -0.2) is 39.8 Å². The molecule has 0 radical (unpaired) electrons. The predicted molar refractivity (Wildman–Crippen MR) is 80.1 cm³/mol. The summed E-state index contributed by atoms with van der Waals surface area (Å²) < 4.78 is 29.4. The van der Waals surface area contributed by atoms with E-state index in [1.807, 2.05) is 0 Å². The Balaban J connectivity index is 2.21. The zero-order valence-corrected chi connectivity index (χ0v) is 13.0. The number of nitrogens with one attached hydrogen (secondary N) is 1. The lowest BCUT2D eigenvalue weighted by Gasteiger charge is -2.14. The first kappa shape index (κ1) is 16.0. The third-order valence-electron chi connectivity index (χ3n) is 3.71. The normalized spacial score (nSPS) is 16.0. The van der Waals surface area contributed by atoms with E-state index in [9.17, 15) is 13.2 Å². The van der Waals surface area contributed by atoms with Gasteiger partial charge in [-0.05, 0) is 25.0 Å². The molecule has 1 fully saturated rings. The minimum Gasteiger partial charge on any atom is -0.384 e. The fraction of sp³-hybridized carbons (Fsp3) is 0.533. The monoisotopic (exact) mass is 311 g/mol. The van der Waals surface area contributed by atoms with Crippen molar-refractivity contribution in [1.82, 2.24) is 5.32 Å². The molecule has 1 saturated carbocycles. The standard InChI is InChI=1S/C15H21NO4S/c1-20-10-11-21(18,19)14-9-5-4-8-13(14)15(17)16-12-6-2-3-7-12/h4-5,8-9,12H,2-3,6-7,10-11H2,1H3,(H,16,17). The molecular formula is C15H21NO4S. The second-order valence-electron chi connectivity index (χ2n) is 5.26. The summed E-state index contributed by atoms with van der Waals surface area (Å²) in [7, 11) is -2.06. The van der Waals surface area contributed by atoms with Gasteiger partial charge in [0.2, 0.25) is 0 Å². The Kier molecular flexibility index (Phi) is 5.36. The molecule has 0 heterocycles. The van der Waals surface area contributed by atoms with Crippen LogP contribution in [0.25, 0.3) is 0 Å². The molecule has 1 aromatic carbocycles. The van der Waals surface area contributed by atoms with Crippen LogP contribution in [0.1, 0.15) is 36.0 Å². The first-order valence-corrected chi connectivity index (χ1v) is 8.81. The molecule has 0 aromatic heterocycles. The fourth-order valence-electron chi connectivity index (χ4n) is 2.56. The summed E-state index contributed by atoms with van der Waals surface area (Å²) in [5.41, 5.74) is 0.223. The maximum absolute atomic E-state index is 12.3. The van der Waals surface area contributed by atoms with Crippen LogP contribution < -0.4 is 5.32 Å². The van der Waals surface area contributed by atoms with Gasteiger partial charge in [-0.15, -0.1) is 0 Å². The van der Waals surface area contributed by atoms with Crippen molar-refractivity contribution in [2.75, 3.05) is 19.5 Å².